The van der Waals surface area contributed by atoms with E-state index in [2.05, 4.69) is 20.9 Å². The fourth-order valence-electron chi connectivity index (χ4n) is 2.18. The summed E-state index contributed by atoms with van der Waals surface area (Å²) in [5.74, 6) is 0.556. The van der Waals surface area contributed by atoms with Crippen molar-refractivity contribution in [2.45, 2.75) is 6.92 Å². The molecule has 2 aromatic rings. The van der Waals surface area contributed by atoms with Crippen LogP contribution in [0.25, 0.3) is 5.69 Å². The standard InChI is InChI=1S/C14H17N5O.ClH/c1-10(11-8-15-9-11)14(20)17-12-2-4-13(5-3-12)19-7-6-16-18-19;/h2-7,10-11,15H,8-9H2,1H3,(H,17,20);1H. The maximum absolute atomic E-state index is 12.1. The number of nitrogens with one attached hydrogen (secondary N) is 2. The van der Waals surface area contributed by atoms with Crippen LogP contribution < -0.4 is 10.6 Å². The van der Waals surface area contributed by atoms with Crippen molar-refractivity contribution in [3.8, 4) is 5.69 Å². The lowest BCUT2D eigenvalue weighted by Gasteiger charge is -2.31. The first-order valence-electron chi connectivity index (χ1n) is 6.72. The number of hydrogen-bond acceptors (Lipinski definition) is 4. The molecule has 1 aromatic carbocycles. The second-order valence-electron chi connectivity index (χ2n) is 5.09. The van der Waals surface area contributed by atoms with Crippen molar-refractivity contribution in [1.82, 2.24) is 20.3 Å². The van der Waals surface area contributed by atoms with Gasteiger partial charge in [-0.05, 0) is 43.3 Å². The topological polar surface area (TPSA) is 71.8 Å². The molecule has 21 heavy (non-hydrogen) atoms. The highest BCUT2D eigenvalue weighted by Crippen LogP contribution is 2.19. The third-order valence-corrected chi connectivity index (χ3v) is 3.76. The first-order chi connectivity index (χ1) is 9.74. The summed E-state index contributed by atoms with van der Waals surface area (Å²) in [6.07, 6.45) is 3.41. The lowest BCUT2D eigenvalue weighted by Crippen LogP contribution is -2.48. The summed E-state index contributed by atoms with van der Waals surface area (Å²) in [4.78, 5) is 12.1. The molecule has 1 aliphatic heterocycles. The monoisotopic (exact) mass is 307 g/mol. The number of amides is 1. The smallest absolute Gasteiger partial charge is 0.227 e. The molecule has 0 saturated carbocycles. The zero-order valence-corrected chi connectivity index (χ0v) is 12.5. The lowest BCUT2D eigenvalue weighted by molar-refractivity contribution is -0.121. The molecule has 2 heterocycles. The maximum Gasteiger partial charge on any atom is 0.227 e. The SMILES string of the molecule is CC(C(=O)Nc1ccc(-n2ccnn2)cc1)C1CNC1.Cl. The number of aromatic nitrogens is 3. The van der Waals surface area contributed by atoms with Gasteiger partial charge in [0.25, 0.3) is 0 Å². The van der Waals surface area contributed by atoms with Gasteiger partial charge in [0.1, 0.15) is 0 Å². The zero-order chi connectivity index (χ0) is 13.9. The lowest BCUT2D eigenvalue weighted by atomic mass is 9.88. The molecule has 1 fully saturated rings. The zero-order valence-electron chi connectivity index (χ0n) is 11.7. The second-order valence-corrected chi connectivity index (χ2v) is 5.09. The van der Waals surface area contributed by atoms with Gasteiger partial charge >= 0.3 is 0 Å². The van der Waals surface area contributed by atoms with Crippen LogP contribution in [0.3, 0.4) is 0 Å². The van der Waals surface area contributed by atoms with Crippen molar-refractivity contribution in [2.24, 2.45) is 11.8 Å². The molecule has 0 aliphatic carbocycles. The van der Waals surface area contributed by atoms with Crippen LogP contribution in [0.15, 0.2) is 36.7 Å². The van der Waals surface area contributed by atoms with Crippen LogP contribution >= 0.6 is 12.4 Å². The number of benzene rings is 1. The summed E-state index contributed by atoms with van der Waals surface area (Å²) in [5, 5.41) is 13.8. The first-order valence-corrected chi connectivity index (χ1v) is 6.72. The van der Waals surface area contributed by atoms with E-state index in [0.717, 1.165) is 24.5 Å². The summed E-state index contributed by atoms with van der Waals surface area (Å²) in [7, 11) is 0. The number of rotatable bonds is 4. The fraction of sp³-hybridized carbons (Fsp3) is 0.357. The molecule has 3 rings (SSSR count). The highest BCUT2D eigenvalue weighted by Gasteiger charge is 2.28. The average molecular weight is 308 g/mol. The minimum Gasteiger partial charge on any atom is -0.326 e. The molecule has 2 N–H and O–H groups in total. The Morgan fingerprint density at radius 1 is 1.38 bits per heavy atom. The van der Waals surface area contributed by atoms with E-state index in [4.69, 9.17) is 0 Å². The van der Waals surface area contributed by atoms with E-state index in [9.17, 15) is 4.79 Å². The van der Waals surface area contributed by atoms with Crippen LogP contribution in [0.4, 0.5) is 5.69 Å². The van der Waals surface area contributed by atoms with Gasteiger partial charge in [0, 0.05) is 11.6 Å². The molecular formula is C14H18ClN5O. The van der Waals surface area contributed by atoms with Crippen LogP contribution in [0.2, 0.25) is 0 Å². The molecule has 1 amide bonds. The van der Waals surface area contributed by atoms with Gasteiger partial charge in [-0.25, -0.2) is 4.68 Å². The second kappa shape index (κ2) is 6.69. The summed E-state index contributed by atoms with van der Waals surface area (Å²) in [5.41, 5.74) is 1.72. The maximum atomic E-state index is 12.1. The van der Waals surface area contributed by atoms with Crippen molar-refractivity contribution in [3.63, 3.8) is 0 Å². The van der Waals surface area contributed by atoms with Gasteiger partial charge in [0.2, 0.25) is 5.91 Å². The van der Waals surface area contributed by atoms with E-state index in [-0.39, 0.29) is 24.2 Å². The molecular weight excluding hydrogens is 290 g/mol. The van der Waals surface area contributed by atoms with Crippen LogP contribution in [0.5, 0.6) is 0 Å². The van der Waals surface area contributed by atoms with E-state index < -0.39 is 0 Å². The van der Waals surface area contributed by atoms with Gasteiger partial charge < -0.3 is 10.6 Å². The van der Waals surface area contributed by atoms with Crippen LogP contribution in [0, 0.1) is 11.8 Å². The van der Waals surface area contributed by atoms with Crippen LogP contribution in [-0.4, -0.2) is 34.0 Å². The molecule has 1 atom stereocenters. The largest absolute Gasteiger partial charge is 0.326 e. The molecule has 6 nitrogen and oxygen atoms in total. The van der Waals surface area contributed by atoms with E-state index >= 15 is 0 Å². The Kier molecular flexibility index (Phi) is 4.93. The van der Waals surface area contributed by atoms with Gasteiger partial charge in [-0.1, -0.05) is 12.1 Å². The molecule has 1 saturated heterocycles. The third-order valence-electron chi connectivity index (χ3n) is 3.76. The minimum atomic E-state index is 0. The first kappa shape index (κ1) is 15.5. The van der Waals surface area contributed by atoms with Gasteiger partial charge in [-0.3, -0.25) is 4.79 Å². The van der Waals surface area contributed by atoms with Crippen molar-refractivity contribution < 1.29 is 4.79 Å². The predicted octanol–water partition coefficient (Wildman–Crippen LogP) is 1.48. The summed E-state index contributed by atoms with van der Waals surface area (Å²) in [6.45, 7) is 3.84. The summed E-state index contributed by atoms with van der Waals surface area (Å²) in [6, 6.07) is 7.56. The number of carbonyl (C=O) groups excluding carboxylic acids is 1. The van der Waals surface area contributed by atoms with Gasteiger partial charge in [0.15, 0.2) is 0 Å². The van der Waals surface area contributed by atoms with Gasteiger partial charge in [0.05, 0.1) is 18.1 Å². The molecule has 7 heteroatoms. The molecule has 0 bridgehead atoms. The number of anilines is 1. The van der Waals surface area contributed by atoms with E-state index in [1.807, 2.05) is 31.2 Å². The fourth-order valence-corrected chi connectivity index (χ4v) is 2.18. The van der Waals surface area contributed by atoms with Crippen molar-refractivity contribution in [3.05, 3.63) is 36.7 Å². The van der Waals surface area contributed by atoms with E-state index in [0.29, 0.717) is 5.92 Å². The summed E-state index contributed by atoms with van der Waals surface area (Å²) >= 11 is 0. The van der Waals surface area contributed by atoms with Gasteiger partial charge in [-0.15, -0.1) is 17.5 Å². The Morgan fingerprint density at radius 2 is 2.10 bits per heavy atom. The Hall–Kier alpha value is -1.92. The predicted molar refractivity (Wildman–Crippen MR) is 82.8 cm³/mol. The Balaban J connectivity index is 0.00000161. The van der Waals surface area contributed by atoms with Crippen molar-refractivity contribution in [2.75, 3.05) is 18.4 Å². The number of nitrogens with zero attached hydrogens (tertiary/aromatic N) is 3. The molecule has 0 spiro atoms. The third kappa shape index (κ3) is 3.40. The molecule has 0 radical (unpaired) electrons. The number of halogens is 1. The van der Waals surface area contributed by atoms with Crippen LogP contribution in [-0.2, 0) is 4.79 Å². The van der Waals surface area contributed by atoms with Crippen molar-refractivity contribution >= 4 is 24.0 Å². The van der Waals surface area contributed by atoms with Gasteiger partial charge in [-0.2, -0.15) is 0 Å². The summed E-state index contributed by atoms with van der Waals surface area (Å²) < 4.78 is 1.67. The molecule has 1 unspecified atom stereocenters. The van der Waals surface area contributed by atoms with Crippen molar-refractivity contribution in [1.29, 1.82) is 0 Å². The number of hydrogen-bond donors (Lipinski definition) is 2. The highest BCUT2D eigenvalue weighted by molar-refractivity contribution is 5.92. The molecule has 1 aromatic heterocycles. The van der Waals surface area contributed by atoms with E-state index in [1.165, 1.54) is 0 Å². The Bertz CT molecular complexity index is 580. The Morgan fingerprint density at radius 3 is 2.62 bits per heavy atom. The highest BCUT2D eigenvalue weighted by atomic mass is 35.5. The number of carbonyl (C=O) groups is 1. The van der Waals surface area contributed by atoms with E-state index in [1.54, 1.807) is 17.1 Å². The average Bonchev–Trinajstić information content (AvgIpc) is 2.91. The Labute approximate surface area is 129 Å². The quantitative estimate of drug-likeness (QED) is 0.897. The molecule has 112 valence electrons. The normalized spacial score (nSPS) is 15.7. The molecule has 1 aliphatic rings. The minimum absolute atomic E-state index is 0. The van der Waals surface area contributed by atoms with Crippen LogP contribution in [0.1, 0.15) is 6.92 Å².